The number of rotatable bonds is 4. The molecule has 0 amide bonds. The van der Waals surface area contributed by atoms with Gasteiger partial charge in [0.05, 0.1) is 12.8 Å². The number of hydrogen-bond donors (Lipinski definition) is 0. The molecule has 1 unspecified atom stereocenters. The van der Waals surface area contributed by atoms with Crippen LogP contribution >= 0.6 is 0 Å². The van der Waals surface area contributed by atoms with Gasteiger partial charge in [0.2, 0.25) is 0 Å². The molecule has 2 aliphatic heterocycles. The minimum absolute atomic E-state index is 0.236. The number of nitrogens with zero attached hydrogens (tertiary/aromatic N) is 4. The minimum atomic E-state index is -3.55. The molecule has 2 aliphatic rings. The smallest absolute Gasteiger partial charge is 0.305 e. The molecule has 1 aromatic carbocycles. The molecule has 25 heavy (non-hydrogen) atoms. The van der Waals surface area contributed by atoms with Gasteiger partial charge in [-0.1, -0.05) is 0 Å². The first-order valence-electron chi connectivity index (χ1n) is 8.12. The number of ether oxygens (including phenoxy) is 1. The van der Waals surface area contributed by atoms with E-state index in [-0.39, 0.29) is 12.0 Å². The third kappa shape index (κ3) is 3.25. The van der Waals surface area contributed by atoms with Crippen LogP contribution in [0.4, 0.5) is 10.1 Å². The molecule has 9 heteroatoms. The van der Waals surface area contributed by atoms with Crippen LogP contribution in [0.25, 0.3) is 0 Å². The van der Waals surface area contributed by atoms with Crippen LogP contribution < -0.4 is 9.64 Å². The van der Waals surface area contributed by atoms with Crippen LogP contribution in [0.1, 0.15) is 6.92 Å². The van der Waals surface area contributed by atoms with E-state index in [1.165, 1.54) is 27.9 Å². The molecule has 3 rings (SSSR count). The number of hydrogen-bond acceptors (Lipinski definition) is 5. The van der Waals surface area contributed by atoms with Crippen molar-refractivity contribution < 1.29 is 17.5 Å². The van der Waals surface area contributed by atoms with Crippen molar-refractivity contribution in [3.63, 3.8) is 0 Å². The average Bonchev–Trinajstić information content (AvgIpc) is 2.94. The van der Waals surface area contributed by atoms with E-state index in [2.05, 4.69) is 0 Å². The van der Waals surface area contributed by atoms with Crippen LogP contribution in [0.3, 0.4) is 0 Å². The largest absolute Gasteiger partial charge is 0.494 e. The number of methoxy groups -OCH3 is 1. The highest BCUT2D eigenvalue weighted by atomic mass is 32.2. The zero-order valence-electron chi connectivity index (χ0n) is 14.6. The predicted octanol–water partition coefficient (Wildman–Crippen LogP) is 1.27. The van der Waals surface area contributed by atoms with Gasteiger partial charge in [-0.15, -0.1) is 0 Å². The van der Waals surface area contributed by atoms with E-state index in [0.717, 1.165) is 5.69 Å². The Bertz CT molecular complexity index is 763. The number of piperazine rings is 1. The van der Waals surface area contributed by atoms with E-state index in [1.807, 2.05) is 23.8 Å². The van der Waals surface area contributed by atoms with Crippen molar-refractivity contribution >= 4 is 15.9 Å². The number of benzene rings is 1. The second-order valence-electron chi connectivity index (χ2n) is 6.14. The molecule has 0 N–H and O–H groups in total. The van der Waals surface area contributed by atoms with Crippen molar-refractivity contribution in [1.82, 2.24) is 13.5 Å². The molecular formula is C16H23FN4O3S. The Balaban J connectivity index is 1.71. The zero-order chi connectivity index (χ0) is 18.2. The summed E-state index contributed by atoms with van der Waals surface area (Å²) in [6, 6.07) is 4.39. The number of anilines is 1. The Morgan fingerprint density at radius 1 is 1.16 bits per heavy atom. The topological polar surface area (TPSA) is 56.3 Å². The average molecular weight is 370 g/mol. The van der Waals surface area contributed by atoms with E-state index in [4.69, 9.17) is 4.74 Å². The summed E-state index contributed by atoms with van der Waals surface area (Å²) in [5, 5.41) is 0. The molecule has 0 bridgehead atoms. The summed E-state index contributed by atoms with van der Waals surface area (Å²) in [5.41, 5.74) is 0.773. The van der Waals surface area contributed by atoms with E-state index >= 15 is 0 Å². The molecule has 1 fully saturated rings. The zero-order valence-corrected chi connectivity index (χ0v) is 15.4. The first kappa shape index (κ1) is 17.8. The molecule has 2 heterocycles. The highest BCUT2D eigenvalue weighted by Crippen LogP contribution is 2.30. The van der Waals surface area contributed by atoms with E-state index < -0.39 is 10.2 Å². The van der Waals surface area contributed by atoms with Gasteiger partial charge in [0.15, 0.2) is 0 Å². The lowest BCUT2D eigenvalue weighted by molar-refractivity contribution is 0.252. The maximum Gasteiger partial charge on any atom is 0.305 e. The van der Waals surface area contributed by atoms with E-state index in [1.54, 1.807) is 18.5 Å². The highest BCUT2D eigenvalue weighted by molar-refractivity contribution is 7.86. The Kier molecular flexibility index (Phi) is 4.79. The molecule has 7 nitrogen and oxygen atoms in total. The lowest BCUT2D eigenvalue weighted by Crippen LogP contribution is -2.53. The van der Waals surface area contributed by atoms with Crippen LogP contribution in [0.15, 0.2) is 30.6 Å². The van der Waals surface area contributed by atoms with Gasteiger partial charge in [0, 0.05) is 51.7 Å². The molecule has 1 aromatic rings. The normalized spacial score (nSPS) is 21.9. The van der Waals surface area contributed by atoms with Crippen molar-refractivity contribution in [2.45, 2.75) is 13.1 Å². The summed E-state index contributed by atoms with van der Waals surface area (Å²) in [4.78, 5) is 3.86. The van der Waals surface area contributed by atoms with Crippen molar-refractivity contribution in [2.24, 2.45) is 0 Å². The fourth-order valence-corrected chi connectivity index (χ4v) is 4.71. The van der Waals surface area contributed by atoms with Crippen LogP contribution in [-0.2, 0) is 10.2 Å². The Labute approximate surface area is 148 Å². The van der Waals surface area contributed by atoms with Gasteiger partial charge in [-0.3, -0.25) is 0 Å². The van der Waals surface area contributed by atoms with Crippen LogP contribution in [0, 0.1) is 5.82 Å². The molecule has 0 aliphatic carbocycles. The van der Waals surface area contributed by atoms with Gasteiger partial charge < -0.3 is 14.5 Å². The highest BCUT2D eigenvalue weighted by Gasteiger charge is 2.36. The standard InChI is InChI=1S/C16H23FN4O3S/c1-13-18(2)6-11-21(13)25(22,23)20-9-7-19(8-10-20)15-5-4-14(17)12-16(15)24-3/h4-6,11-13H,7-10H2,1-3H3. The summed E-state index contributed by atoms with van der Waals surface area (Å²) in [6.07, 6.45) is 3.11. The Morgan fingerprint density at radius 2 is 1.84 bits per heavy atom. The second kappa shape index (κ2) is 6.72. The fraction of sp³-hybridized carbons (Fsp3) is 0.500. The summed E-state index contributed by atoms with van der Waals surface area (Å²) in [7, 11) is -0.212. The van der Waals surface area contributed by atoms with Gasteiger partial charge >= 0.3 is 10.2 Å². The van der Waals surface area contributed by atoms with Crippen LogP contribution in [0.2, 0.25) is 0 Å². The monoisotopic (exact) mass is 370 g/mol. The minimum Gasteiger partial charge on any atom is -0.494 e. The van der Waals surface area contributed by atoms with Crippen molar-refractivity contribution in [3.8, 4) is 5.75 Å². The molecule has 1 atom stereocenters. The number of halogens is 1. The summed E-state index contributed by atoms with van der Waals surface area (Å²) in [6.45, 7) is 3.61. The van der Waals surface area contributed by atoms with Gasteiger partial charge in [-0.25, -0.2) is 8.70 Å². The van der Waals surface area contributed by atoms with Crippen molar-refractivity contribution in [2.75, 3.05) is 45.2 Å². The maximum atomic E-state index is 13.4. The third-order valence-electron chi connectivity index (χ3n) is 4.72. The molecule has 0 radical (unpaired) electrons. The van der Waals surface area contributed by atoms with E-state index in [0.29, 0.717) is 31.9 Å². The molecule has 0 aromatic heterocycles. The van der Waals surface area contributed by atoms with Gasteiger partial charge in [-0.05, 0) is 19.1 Å². The Morgan fingerprint density at radius 3 is 2.40 bits per heavy atom. The molecule has 0 spiro atoms. The SMILES string of the molecule is COc1cc(F)ccc1N1CCN(S(=O)(=O)N2C=CN(C)C2C)CC1. The molecule has 138 valence electrons. The third-order valence-corrected chi connectivity index (χ3v) is 6.70. The fourth-order valence-electron chi connectivity index (χ4n) is 3.07. The Hall–Kier alpha value is -2.00. The van der Waals surface area contributed by atoms with Gasteiger partial charge in [0.25, 0.3) is 0 Å². The summed E-state index contributed by atoms with van der Waals surface area (Å²) >= 11 is 0. The van der Waals surface area contributed by atoms with Gasteiger partial charge in [-0.2, -0.15) is 12.7 Å². The molecule has 0 saturated carbocycles. The second-order valence-corrected chi connectivity index (χ2v) is 7.97. The quantitative estimate of drug-likeness (QED) is 0.799. The van der Waals surface area contributed by atoms with Crippen LogP contribution in [0.5, 0.6) is 5.75 Å². The van der Waals surface area contributed by atoms with Gasteiger partial charge in [0.1, 0.15) is 17.7 Å². The predicted molar refractivity (Wildman–Crippen MR) is 93.9 cm³/mol. The lowest BCUT2D eigenvalue weighted by Gasteiger charge is -2.38. The first-order chi connectivity index (χ1) is 11.8. The molecule has 1 saturated heterocycles. The summed E-state index contributed by atoms with van der Waals surface area (Å²) < 4.78 is 47.1. The van der Waals surface area contributed by atoms with Crippen molar-refractivity contribution in [3.05, 3.63) is 36.4 Å². The molecular weight excluding hydrogens is 347 g/mol. The lowest BCUT2D eigenvalue weighted by atomic mass is 10.2. The first-order valence-corrected chi connectivity index (χ1v) is 9.51. The maximum absolute atomic E-state index is 13.4. The van der Waals surface area contributed by atoms with Crippen LogP contribution in [-0.4, -0.2) is 68.4 Å². The van der Waals surface area contributed by atoms with E-state index in [9.17, 15) is 12.8 Å². The summed E-state index contributed by atoms with van der Waals surface area (Å²) in [5.74, 6) is 0.0924. The van der Waals surface area contributed by atoms with Crippen molar-refractivity contribution in [1.29, 1.82) is 0 Å².